The van der Waals surface area contributed by atoms with Crippen molar-refractivity contribution in [3.05, 3.63) is 71.8 Å². The quantitative estimate of drug-likeness (QED) is 0.564. The lowest BCUT2D eigenvalue weighted by molar-refractivity contribution is -0.280. The van der Waals surface area contributed by atoms with Gasteiger partial charge in [-0.1, -0.05) is 60.7 Å². The third-order valence-electron chi connectivity index (χ3n) is 7.06. The van der Waals surface area contributed by atoms with Crippen molar-refractivity contribution in [3.63, 3.8) is 0 Å². The summed E-state index contributed by atoms with van der Waals surface area (Å²) in [4.78, 5) is 28.1. The van der Waals surface area contributed by atoms with E-state index in [1.165, 1.54) is 24.3 Å². The molecule has 1 amide bonds. The Morgan fingerprint density at radius 1 is 1.06 bits per heavy atom. The molecule has 0 saturated carbocycles. The lowest BCUT2D eigenvalue weighted by Gasteiger charge is -2.44. The lowest BCUT2D eigenvalue weighted by atomic mass is 9.81. The topological polar surface area (TPSA) is 55.8 Å². The van der Waals surface area contributed by atoms with Crippen LogP contribution < -0.4 is 0 Å². The number of carbonyl (C=O) groups excluding carboxylic acids is 2. The van der Waals surface area contributed by atoms with Crippen LogP contribution in [0.2, 0.25) is 0 Å². The van der Waals surface area contributed by atoms with Gasteiger partial charge in [-0.15, -0.1) is 0 Å². The van der Waals surface area contributed by atoms with Crippen molar-refractivity contribution in [1.82, 2.24) is 4.90 Å². The van der Waals surface area contributed by atoms with Crippen LogP contribution in [-0.4, -0.2) is 48.3 Å². The molecule has 2 aromatic rings. The van der Waals surface area contributed by atoms with E-state index < -0.39 is 29.4 Å². The van der Waals surface area contributed by atoms with Gasteiger partial charge in [-0.25, -0.2) is 4.79 Å². The average molecular weight is 476 g/mol. The van der Waals surface area contributed by atoms with Gasteiger partial charge in [-0.2, -0.15) is 13.2 Å². The van der Waals surface area contributed by atoms with Crippen LogP contribution in [0, 0.1) is 0 Å². The molecule has 2 aliphatic heterocycles. The fourth-order valence-corrected chi connectivity index (χ4v) is 5.47. The van der Waals surface area contributed by atoms with Crippen LogP contribution >= 0.6 is 0 Å². The lowest BCUT2D eigenvalue weighted by Crippen LogP contribution is -2.59. The molecule has 34 heavy (non-hydrogen) atoms. The van der Waals surface area contributed by atoms with Gasteiger partial charge in [0.15, 0.2) is 0 Å². The molecule has 0 bridgehead atoms. The van der Waals surface area contributed by atoms with Crippen LogP contribution in [0.4, 0.5) is 13.2 Å². The fraction of sp³-hybridized carbons (Fsp3) is 0.462. The molecular weight excluding hydrogens is 447 g/mol. The van der Waals surface area contributed by atoms with E-state index in [0.29, 0.717) is 38.6 Å². The van der Waals surface area contributed by atoms with Gasteiger partial charge in [0.05, 0.1) is 5.54 Å². The molecule has 2 fully saturated rings. The number of hydrogen-bond acceptors (Lipinski definition) is 4. The summed E-state index contributed by atoms with van der Waals surface area (Å²) in [6.45, 7) is 0.493. The summed E-state index contributed by atoms with van der Waals surface area (Å²) in [7, 11) is 0.861. The molecule has 0 radical (unpaired) electrons. The van der Waals surface area contributed by atoms with Gasteiger partial charge in [0.1, 0.15) is 6.10 Å². The number of esters is 1. The Hall–Kier alpha value is -2.87. The maximum atomic E-state index is 14.4. The molecule has 8 heteroatoms. The number of fused-ring (bicyclic) bond motifs is 1. The highest BCUT2D eigenvalue weighted by atomic mass is 19.4. The van der Waals surface area contributed by atoms with Crippen molar-refractivity contribution in [3.8, 4) is 0 Å². The van der Waals surface area contributed by atoms with Crippen molar-refractivity contribution < 1.29 is 32.2 Å². The number of carbonyl (C=O) groups is 2. The van der Waals surface area contributed by atoms with Gasteiger partial charge in [0.2, 0.25) is 5.91 Å². The zero-order chi connectivity index (χ0) is 24.4. The SMILES string of the molecule is CO[C@@](C(=O)OC1CCCC(=O)N2CCC[C@@]12Cc1ccccc1)(c1ccccc1)C(F)(F)F. The molecule has 4 rings (SSSR count). The number of rotatable bonds is 6. The minimum Gasteiger partial charge on any atom is -0.457 e. The minimum atomic E-state index is -5.05. The molecule has 5 nitrogen and oxygen atoms in total. The maximum Gasteiger partial charge on any atom is 0.432 e. The first kappa shape index (κ1) is 24.3. The Kier molecular flexibility index (Phi) is 6.71. The van der Waals surface area contributed by atoms with E-state index >= 15 is 0 Å². The molecule has 182 valence electrons. The number of amides is 1. The van der Waals surface area contributed by atoms with Gasteiger partial charge in [-0.05, 0) is 37.7 Å². The van der Waals surface area contributed by atoms with Gasteiger partial charge >= 0.3 is 12.1 Å². The summed E-state index contributed by atoms with van der Waals surface area (Å²) in [5.41, 5.74) is -3.57. The van der Waals surface area contributed by atoms with E-state index in [0.717, 1.165) is 12.7 Å². The van der Waals surface area contributed by atoms with Crippen LogP contribution in [0.5, 0.6) is 0 Å². The van der Waals surface area contributed by atoms with Gasteiger partial charge < -0.3 is 14.4 Å². The molecule has 2 aliphatic rings. The van der Waals surface area contributed by atoms with Crippen molar-refractivity contribution in [2.45, 2.75) is 61.9 Å². The highest BCUT2D eigenvalue weighted by Crippen LogP contribution is 2.46. The first-order chi connectivity index (χ1) is 16.2. The molecule has 0 spiro atoms. The maximum absolute atomic E-state index is 14.4. The predicted octanol–water partition coefficient (Wildman–Crippen LogP) is 4.79. The molecule has 2 heterocycles. The Morgan fingerprint density at radius 2 is 1.71 bits per heavy atom. The number of ether oxygens (including phenoxy) is 2. The standard InChI is InChI=1S/C26H28F3NO4/c1-33-25(26(27,28)29,20-12-6-3-7-13-20)23(32)34-21-14-8-15-22(31)30-17-9-16-24(21,30)18-19-10-4-2-5-11-19/h2-7,10-13,21H,8-9,14-18H2,1H3/t21?,24-,25-/m1/s1. The number of benzene rings is 2. The van der Waals surface area contributed by atoms with Crippen LogP contribution in [0.25, 0.3) is 0 Å². The second kappa shape index (κ2) is 9.41. The van der Waals surface area contributed by atoms with Gasteiger partial charge in [-0.3, -0.25) is 4.79 Å². The minimum absolute atomic E-state index is 0.0520. The Morgan fingerprint density at radius 3 is 2.32 bits per heavy atom. The van der Waals surface area contributed by atoms with E-state index in [2.05, 4.69) is 0 Å². The number of nitrogens with zero attached hydrogens (tertiary/aromatic N) is 1. The number of hydrogen-bond donors (Lipinski definition) is 0. The Balaban J connectivity index is 1.75. The number of methoxy groups -OCH3 is 1. The second-order valence-corrected chi connectivity index (χ2v) is 8.95. The van der Waals surface area contributed by atoms with Crippen molar-refractivity contribution in [2.75, 3.05) is 13.7 Å². The number of alkyl halides is 3. The van der Waals surface area contributed by atoms with Crippen LogP contribution in [0.3, 0.4) is 0 Å². The fourth-order valence-electron chi connectivity index (χ4n) is 5.47. The third-order valence-corrected chi connectivity index (χ3v) is 7.06. The number of halogens is 3. The zero-order valence-electron chi connectivity index (χ0n) is 19.0. The molecule has 0 aliphatic carbocycles. The van der Waals surface area contributed by atoms with E-state index in [-0.39, 0.29) is 17.9 Å². The van der Waals surface area contributed by atoms with E-state index in [1.54, 1.807) is 11.0 Å². The highest BCUT2D eigenvalue weighted by Gasteiger charge is 2.65. The monoisotopic (exact) mass is 475 g/mol. The van der Waals surface area contributed by atoms with E-state index in [9.17, 15) is 22.8 Å². The van der Waals surface area contributed by atoms with Crippen LogP contribution in [-0.2, 0) is 31.1 Å². The zero-order valence-corrected chi connectivity index (χ0v) is 19.0. The molecule has 0 N–H and O–H groups in total. The smallest absolute Gasteiger partial charge is 0.432 e. The molecular formula is C26H28F3NO4. The molecule has 0 aromatic heterocycles. The normalized spacial score (nSPS) is 24.8. The largest absolute Gasteiger partial charge is 0.457 e. The average Bonchev–Trinajstić information content (AvgIpc) is 3.19. The first-order valence-electron chi connectivity index (χ1n) is 11.5. The molecule has 2 aromatic carbocycles. The highest BCUT2D eigenvalue weighted by molar-refractivity contribution is 5.83. The third kappa shape index (κ3) is 4.08. The first-order valence-corrected chi connectivity index (χ1v) is 11.5. The van der Waals surface area contributed by atoms with E-state index in [1.807, 2.05) is 30.3 Å². The van der Waals surface area contributed by atoms with Crippen molar-refractivity contribution in [2.24, 2.45) is 0 Å². The molecule has 3 atom stereocenters. The molecule has 2 saturated heterocycles. The summed E-state index contributed by atoms with van der Waals surface area (Å²) in [5.74, 6) is -1.56. The summed E-state index contributed by atoms with van der Waals surface area (Å²) in [5, 5.41) is 0. The van der Waals surface area contributed by atoms with Crippen LogP contribution in [0.15, 0.2) is 60.7 Å². The second-order valence-electron chi connectivity index (χ2n) is 8.95. The van der Waals surface area contributed by atoms with E-state index in [4.69, 9.17) is 9.47 Å². The van der Waals surface area contributed by atoms with Gasteiger partial charge in [0.25, 0.3) is 5.60 Å². The van der Waals surface area contributed by atoms with Gasteiger partial charge in [0, 0.05) is 25.6 Å². The van der Waals surface area contributed by atoms with Crippen molar-refractivity contribution in [1.29, 1.82) is 0 Å². The Bertz CT molecular complexity index is 1010. The molecule has 1 unspecified atom stereocenters. The summed E-state index contributed by atoms with van der Waals surface area (Å²) in [6, 6.07) is 16.3. The Labute approximate surface area is 196 Å². The van der Waals surface area contributed by atoms with Crippen LogP contribution in [0.1, 0.15) is 43.2 Å². The summed E-state index contributed by atoms with van der Waals surface area (Å²) >= 11 is 0. The summed E-state index contributed by atoms with van der Waals surface area (Å²) < 4.78 is 54.0. The summed E-state index contributed by atoms with van der Waals surface area (Å²) in [6.07, 6.45) is -3.30. The van der Waals surface area contributed by atoms with Crippen molar-refractivity contribution >= 4 is 11.9 Å². The predicted molar refractivity (Wildman–Crippen MR) is 119 cm³/mol.